The molecule has 1 aliphatic heterocycles. The quantitative estimate of drug-likeness (QED) is 0.296. The molecule has 0 atom stereocenters. The maximum Gasteiger partial charge on any atom is 0.193 e. The Labute approximate surface area is 157 Å². The van der Waals surface area contributed by atoms with Crippen LogP contribution in [0.5, 0.6) is 0 Å². The number of benzene rings is 1. The van der Waals surface area contributed by atoms with Gasteiger partial charge in [0.1, 0.15) is 0 Å². The van der Waals surface area contributed by atoms with Gasteiger partial charge in [0.15, 0.2) is 5.96 Å². The Kier molecular flexibility index (Phi) is 11.1. The molecule has 1 aromatic rings. The molecule has 1 aromatic carbocycles. The van der Waals surface area contributed by atoms with Gasteiger partial charge >= 0.3 is 0 Å². The molecule has 0 aromatic heterocycles. The minimum Gasteiger partial charge on any atom is -0.377 e. The molecule has 1 aliphatic rings. The number of guanidine groups is 1. The first-order valence-electron chi connectivity index (χ1n) is 8.55. The topological polar surface area (TPSA) is 36.9 Å². The molecule has 130 valence electrons. The third-order valence-corrected chi connectivity index (χ3v) is 3.81. The number of nitrogens with zero attached hydrogens (tertiary/aromatic N) is 2. The normalized spacial score (nSPS) is 14.7. The van der Waals surface area contributed by atoms with E-state index in [2.05, 4.69) is 29.3 Å². The third kappa shape index (κ3) is 8.01. The lowest BCUT2D eigenvalue weighted by atomic mass is 10.2. The van der Waals surface area contributed by atoms with E-state index in [4.69, 9.17) is 9.73 Å². The molecule has 1 fully saturated rings. The molecule has 1 saturated heterocycles. The molecule has 0 spiro atoms. The van der Waals surface area contributed by atoms with Crippen LogP contribution in [-0.4, -0.2) is 43.6 Å². The highest BCUT2D eigenvalue weighted by Crippen LogP contribution is 2.07. The molecule has 0 amide bonds. The molecular weight excluding hydrogens is 401 g/mol. The number of nitrogens with one attached hydrogen (secondary N) is 1. The summed E-state index contributed by atoms with van der Waals surface area (Å²) in [7, 11) is 0. The molecule has 2 rings (SSSR count). The standard InChI is InChI=1S/C18H29N3O.HI/c1-2-19-18(21-13-7-8-14-21)20-12-6-9-15-22-16-17-10-4-3-5-11-17;/h3-5,10-11H,2,6-9,12-16H2,1H3,(H,19,20);1H. The minimum absolute atomic E-state index is 0. The Morgan fingerprint density at radius 2 is 1.91 bits per heavy atom. The zero-order valence-electron chi connectivity index (χ0n) is 14.2. The van der Waals surface area contributed by atoms with E-state index in [1.807, 2.05) is 18.2 Å². The number of likely N-dealkylation sites (tertiary alicyclic amines) is 1. The fourth-order valence-corrected chi connectivity index (χ4v) is 2.62. The van der Waals surface area contributed by atoms with Gasteiger partial charge in [-0.3, -0.25) is 4.99 Å². The maximum atomic E-state index is 5.70. The first-order valence-corrected chi connectivity index (χ1v) is 8.55. The van der Waals surface area contributed by atoms with Crippen LogP contribution in [-0.2, 0) is 11.3 Å². The highest BCUT2D eigenvalue weighted by molar-refractivity contribution is 14.0. The highest BCUT2D eigenvalue weighted by Gasteiger charge is 2.14. The summed E-state index contributed by atoms with van der Waals surface area (Å²) in [5.74, 6) is 1.09. The van der Waals surface area contributed by atoms with Crippen molar-refractivity contribution in [3.8, 4) is 0 Å². The van der Waals surface area contributed by atoms with Gasteiger partial charge in [-0.25, -0.2) is 0 Å². The SMILES string of the molecule is CCNC(=NCCCCOCc1ccccc1)N1CCCC1.I. The third-order valence-electron chi connectivity index (χ3n) is 3.81. The van der Waals surface area contributed by atoms with Gasteiger partial charge in [0.25, 0.3) is 0 Å². The number of rotatable bonds is 8. The summed E-state index contributed by atoms with van der Waals surface area (Å²) in [5.41, 5.74) is 1.24. The number of unbranched alkanes of at least 4 members (excludes halogenated alkanes) is 1. The van der Waals surface area contributed by atoms with E-state index >= 15 is 0 Å². The first-order chi connectivity index (χ1) is 10.9. The van der Waals surface area contributed by atoms with Crippen molar-refractivity contribution in [3.63, 3.8) is 0 Å². The highest BCUT2D eigenvalue weighted by atomic mass is 127. The van der Waals surface area contributed by atoms with Crippen LogP contribution in [0.2, 0.25) is 0 Å². The predicted molar refractivity (Wildman–Crippen MR) is 108 cm³/mol. The smallest absolute Gasteiger partial charge is 0.193 e. The first kappa shape index (κ1) is 20.2. The molecule has 23 heavy (non-hydrogen) atoms. The molecule has 0 bridgehead atoms. The van der Waals surface area contributed by atoms with Crippen LogP contribution >= 0.6 is 24.0 Å². The van der Waals surface area contributed by atoms with E-state index in [-0.39, 0.29) is 24.0 Å². The Bertz CT molecular complexity index is 433. The molecule has 0 saturated carbocycles. The molecule has 0 unspecified atom stereocenters. The molecular formula is C18H30IN3O. The Balaban J connectivity index is 0.00000264. The summed E-state index contributed by atoms with van der Waals surface area (Å²) in [4.78, 5) is 7.10. The predicted octanol–water partition coefficient (Wildman–Crippen LogP) is 3.66. The second kappa shape index (κ2) is 12.6. The Morgan fingerprint density at radius 1 is 1.17 bits per heavy atom. The second-order valence-electron chi connectivity index (χ2n) is 5.68. The van der Waals surface area contributed by atoms with E-state index < -0.39 is 0 Å². The summed E-state index contributed by atoms with van der Waals surface area (Å²) in [6.45, 7) is 7.76. The minimum atomic E-state index is 0. The van der Waals surface area contributed by atoms with Crippen LogP contribution < -0.4 is 5.32 Å². The molecule has 4 nitrogen and oxygen atoms in total. The summed E-state index contributed by atoms with van der Waals surface area (Å²) in [5, 5.41) is 3.39. The van der Waals surface area contributed by atoms with Crippen LogP contribution in [0.25, 0.3) is 0 Å². The maximum absolute atomic E-state index is 5.70. The van der Waals surface area contributed by atoms with Gasteiger partial charge in [-0.2, -0.15) is 0 Å². The largest absolute Gasteiger partial charge is 0.377 e. The molecule has 0 aliphatic carbocycles. The number of aliphatic imine (C=N–C) groups is 1. The van der Waals surface area contributed by atoms with Gasteiger partial charge in [0, 0.05) is 32.8 Å². The Morgan fingerprint density at radius 3 is 2.61 bits per heavy atom. The van der Waals surface area contributed by atoms with Crippen molar-refractivity contribution in [2.45, 2.75) is 39.2 Å². The van der Waals surface area contributed by atoms with Gasteiger partial charge in [-0.05, 0) is 38.2 Å². The van der Waals surface area contributed by atoms with Gasteiger partial charge in [-0.15, -0.1) is 24.0 Å². The van der Waals surface area contributed by atoms with Gasteiger partial charge in [-0.1, -0.05) is 30.3 Å². The molecule has 1 N–H and O–H groups in total. The lowest BCUT2D eigenvalue weighted by molar-refractivity contribution is 0.117. The number of hydrogen-bond acceptors (Lipinski definition) is 2. The van der Waals surface area contributed by atoms with E-state index in [1.54, 1.807) is 0 Å². The lowest BCUT2D eigenvalue weighted by Gasteiger charge is -2.20. The zero-order valence-corrected chi connectivity index (χ0v) is 16.5. The van der Waals surface area contributed by atoms with Crippen molar-refractivity contribution in [1.29, 1.82) is 0 Å². The van der Waals surface area contributed by atoms with Crippen LogP contribution in [0.3, 0.4) is 0 Å². The van der Waals surface area contributed by atoms with Crippen molar-refractivity contribution in [2.75, 3.05) is 32.8 Å². The van der Waals surface area contributed by atoms with Crippen molar-refractivity contribution in [2.24, 2.45) is 4.99 Å². The zero-order chi connectivity index (χ0) is 15.5. The summed E-state index contributed by atoms with van der Waals surface area (Å²) < 4.78 is 5.70. The Hall–Kier alpha value is -0.820. The van der Waals surface area contributed by atoms with Crippen LogP contribution in [0, 0.1) is 0 Å². The van der Waals surface area contributed by atoms with E-state index in [1.165, 1.54) is 18.4 Å². The monoisotopic (exact) mass is 431 g/mol. The molecule has 5 heteroatoms. The second-order valence-corrected chi connectivity index (χ2v) is 5.68. The van der Waals surface area contributed by atoms with Gasteiger partial charge in [0.05, 0.1) is 6.61 Å². The lowest BCUT2D eigenvalue weighted by Crippen LogP contribution is -2.39. The van der Waals surface area contributed by atoms with Crippen molar-refractivity contribution >= 4 is 29.9 Å². The van der Waals surface area contributed by atoms with Gasteiger partial charge < -0.3 is 15.0 Å². The van der Waals surface area contributed by atoms with Crippen LogP contribution in [0.1, 0.15) is 38.2 Å². The number of halogens is 1. The summed E-state index contributed by atoms with van der Waals surface area (Å²) >= 11 is 0. The van der Waals surface area contributed by atoms with Crippen molar-refractivity contribution in [3.05, 3.63) is 35.9 Å². The molecule has 1 heterocycles. The average Bonchev–Trinajstić information content (AvgIpc) is 3.08. The van der Waals surface area contributed by atoms with Crippen LogP contribution in [0.15, 0.2) is 35.3 Å². The van der Waals surface area contributed by atoms with Crippen molar-refractivity contribution < 1.29 is 4.74 Å². The average molecular weight is 431 g/mol. The van der Waals surface area contributed by atoms with Gasteiger partial charge in [0.2, 0.25) is 0 Å². The fraction of sp³-hybridized carbons (Fsp3) is 0.611. The van der Waals surface area contributed by atoms with Crippen molar-refractivity contribution in [1.82, 2.24) is 10.2 Å². The summed E-state index contributed by atoms with van der Waals surface area (Å²) in [6.07, 6.45) is 4.72. The number of hydrogen-bond donors (Lipinski definition) is 1. The number of ether oxygens (including phenoxy) is 1. The van der Waals surface area contributed by atoms with E-state index in [9.17, 15) is 0 Å². The van der Waals surface area contributed by atoms with E-state index in [0.29, 0.717) is 6.61 Å². The van der Waals surface area contributed by atoms with E-state index in [0.717, 1.165) is 51.6 Å². The van der Waals surface area contributed by atoms with Crippen LogP contribution in [0.4, 0.5) is 0 Å². The fourth-order valence-electron chi connectivity index (χ4n) is 2.62. The summed E-state index contributed by atoms with van der Waals surface area (Å²) in [6, 6.07) is 10.3. The molecule has 0 radical (unpaired) electrons.